The molecule has 1 aromatic rings. The quantitative estimate of drug-likeness (QED) is 0.808. The van der Waals surface area contributed by atoms with Gasteiger partial charge in [0.2, 0.25) is 0 Å². The highest BCUT2D eigenvalue weighted by Gasteiger charge is 2.44. The lowest BCUT2D eigenvalue weighted by Crippen LogP contribution is -2.54. The first-order valence-corrected chi connectivity index (χ1v) is 8.68. The molecule has 0 bridgehead atoms. The molecule has 2 rings (SSSR count). The second kappa shape index (κ2) is 8.25. The number of hydrogen-bond donors (Lipinski definition) is 1. The van der Waals surface area contributed by atoms with Crippen molar-refractivity contribution in [2.24, 2.45) is 5.41 Å². The summed E-state index contributed by atoms with van der Waals surface area (Å²) >= 11 is 12.0. The average Bonchev–Trinajstić information content (AvgIpc) is 2.58. The number of nitrogens with zero attached hydrogens (tertiary/aromatic N) is 1. The van der Waals surface area contributed by atoms with Crippen LogP contribution in [0.2, 0.25) is 10.0 Å². The summed E-state index contributed by atoms with van der Waals surface area (Å²) in [5.74, 6) is -0.941. The van der Waals surface area contributed by atoms with Crippen molar-refractivity contribution in [1.82, 2.24) is 4.90 Å². The molecule has 0 spiro atoms. The Balaban J connectivity index is 2.10. The summed E-state index contributed by atoms with van der Waals surface area (Å²) in [7, 11) is 1.46. The zero-order valence-electron chi connectivity index (χ0n) is 14.1. The van der Waals surface area contributed by atoms with Gasteiger partial charge in [-0.3, -0.25) is 9.59 Å². The van der Waals surface area contributed by atoms with Crippen LogP contribution in [0.25, 0.3) is 0 Å². The highest BCUT2D eigenvalue weighted by atomic mass is 35.5. The minimum Gasteiger partial charge on any atom is -0.481 e. The first-order valence-electron chi connectivity index (χ1n) is 7.92. The summed E-state index contributed by atoms with van der Waals surface area (Å²) in [5.41, 5.74) is -1.09. The number of methoxy groups -OCH3 is 1. The summed E-state index contributed by atoms with van der Waals surface area (Å²) in [6.07, 6.45) is 0.240. The van der Waals surface area contributed by atoms with Gasteiger partial charge < -0.3 is 19.5 Å². The zero-order chi connectivity index (χ0) is 18.6. The van der Waals surface area contributed by atoms with Crippen molar-refractivity contribution >= 4 is 35.1 Å². The third-order valence-electron chi connectivity index (χ3n) is 4.33. The van der Waals surface area contributed by atoms with Gasteiger partial charge in [-0.15, -0.1) is 0 Å². The molecule has 1 aliphatic rings. The van der Waals surface area contributed by atoms with E-state index in [1.807, 2.05) is 0 Å². The van der Waals surface area contributed by atoms with E-state index in [1.54, 1.807) is 25.1 Å². The predicted molar refractivity (Wildman–Crippen MR) is 94.3 cm³/mol. The van der Waals surface area contributed by atoms with Crippen LogP contribution in [0.5, 0.6) is 5.75 Å². The van der Waals surface area contributed by atoms with E-state index in [0.717, 1.165) is 0 Å². The Bertz CT molecular complexity index is 650. The van der Waals surface area contributed by atoms with Crippen molar-refractivity contribution in [1.29, 1.82) is 0 Å². The molecule has 0 aliphatic carbocycles. The van der Waals surface area contributed by atoms with Crippen LogP contribution in [0, 0.1) is 5.41 Å². The van der Waals surface area contributed by atoms with Crippen LogP contribution in [0.15, 0.2) is 18.2 Å². The number of likely N-dealkylation sites (tertiary alicyclic amines) is 1. The number of piperidine rings is 1. The summed E-state index contributed by atoms with van der Waals surface area (Å²) in [6.45, 7) is 2.23. The van der Waals surface area contributed by atoms with Crippen LogP contribution in [0.3, 0.4) is 0 Å². The number of carbonyl (C=O) groups excluding carboxylic acids is 1. The molecule has 0 radical (unpaired) electrons. The smallest absolute Gasteiger partial charge is 0.313 e. The lowest BCUT2D eigenvalue weighted by Gasteiger charge is -2.40. The minimum atomic E-state index is -1.09. The molecule has 2 unspecified atom stereocenters. The van der Waals surface area contributed by atoms with Crippen LogP contribution < -0.4 is 4.74 Å². The highest BCUT2D eigenvalue weighted by molar-refractivity contribution is 6.42. The van der Waals surface area contributed by atoms with E-state index >= 15 is 0 Å². The van der Waals surface area contributed by atoms with E-state index in [9.17, 15) is 14.7 Å². The van der Waals surface area contributed by atoms with Gasteiger partial charge >= 0.3 is 5.97 Å². The summed E-state index contributed by atoms with van der Waals surface area (Å²) in [6, 6.07) is 4.93. The lowest BCUT2D eigenvalue weighted by molar-refractivity contribution is -0.160. The molecule has 1 fully saturated rings. The number of carboxylic acid groups (broad SMARTS) is 1. The molecule has 0 saturated carbocycles. The van der Waals surface area contributed by atoms with Crippen LogP contribution >= 0.6 is 23.2 Å². The number of benzene rings is 1. The first kappa shape index (κ1) is 19.8. The van der Waals surface area contributed by atoms with Crippen LogP contribution in [-0.4, -0.2) is 54.8 Å². The molecule has 1 aromatic carbocycles. The molecule has 25 heavy (non-hydrogen) atoms. The van der Waals surface area contributed by atoms with Crippen LogP contribution in [0.4, 0.5) is 0 Å². The summed E-state index contributed by atoms with van der Waals surface area (Å²) < 4.78 is 10.7. The molecule has 0 aromatic heterocycles. The number of ether oxygens (including phenoxy) is 2. The van der Waals surface area contributed by atoms with E-state index in [-0.39, 0.29) is 24.1 Å². The van der Waals surface area contributed by atoms with Crippen molar-refractivity contribution in [2.45, 2.75) is 25.9 Å². The fourth-order valence-electron chi connectivity index (χ4n) is 3.02. The molecular weight excluding hydrogens is 369 g/mol. The zero-order valence-corrected chi connectivity index (χ0v) is 15.6. The van der Waals surface area contributed by atoms with Gasteiger partial charge in [-0.05, 0) is 31.9 Å². The van der Waals surface area contributed by atoms with Gasteiger partial charge in [-0.25, -0.2) is 0 Å². The predicted octanol–water partition coefficient (Wildman–Crippen LogP) is 3.10. The number of hydrogen-bond acceptors (Lipinski definition) is 4. The third kappa shape index (κ3) is 4.37. The van der Waals surface area contributed by atoms with E-state index in [2.05, 4.69) is 0 Å². The van der Waals surface area contributed by atoms with E-state index < -0.39 is 17.5 Å². The van der Waals surface area contributed by atoms with Crippen molar-refractivity contribution in [3.8, 4) is 5.75 Å². The van der Waals surface area contributed by atoms with Crippen molar-refractivity contribution in [3.63, 3.8) is 0 Å². The molecule has 8 heteroatoms. The van der Waals surface area contributed by atoms with Crippen molar-refractivity contribution in [3.05, 3.63) is 28.2 Å². The molecule has 6 nitrogen and oxygen atoms in total. The van der Waals surface area contributed by atoms with Gasteiger partial charge in [0.1, 0.15) is 16.2 Å². The SMILES string of the molecule is COCC1(C(=O)O)CCCN(C(=O)C(C)Oc2cccc(Cl)c2Cl)C1. The van der Waals surface area contributed by atoms with Gasteiger partial charge in [0.05, 0.1) is 11.6 Å². The third-order valence-corrected chi connectivity index (χ3v) is 5.13. The Morgan fingerprint density at radius 3 is 2.76 bits per heavy atom. The lowest BCUT2D eigenvalue weighted by atomic mass is 9.80. The van der Waals surface area contributed by atoms with Gasteiger partial charge in [0, 0.05) is 20.2 Å². The Labute approximate surface area is 156 Å². The second-order valence-electron chi connectivity index (χ2n) is 6.19. The number of halogens is 2. The number of aliphatic carboxylic acids is 1. The Kier molecular flexibility index (Phi) is 6.54. The van der Waals surface area contributed by atoms with Gasteiger partial charge in [0.15, 0.2) is 6.10 Å². The highest BCUT2D eigenvalue weighted by Crippen LogP contribution is 2.34. The summed E-state index contributed by atoms with van der Waals surface area (Å²) in [5, 5.41) is 10.2. The fraction of sp³-hybridized carbons (Fsp3) is 0.529. The molecule has 138 valence electrons. The summed E-state index contributed by atoms with van der Waals surface area (Å²) in [4.78, 5) is 25.9. The van der Waals surface area contributed by atoms with Crippen molar-refractivity contribution in [2.75, 3.05) is 26.8 Å². The van der Waals surface area contributed by atoms with Gasteiger partial charge in [0.25, 0.3) is 5.91 Å². The van der Waals surface area contributed by atoms with Crippen LogP contribution in [0.1, 0.15) is 19.8 Å². The molecular formula is C17H21Cl2NO5. The maximum Gasteiger partial charge on any atom is 0.313 e. The minimum absolute atomic E-state index is 0.0570. The molecule has 1 aliphatic heterocycles. The van der Waals surface area contributed by atoms with E-state index in [4.69, 9.17) is 32.7 Å². The Morgan fingerprint density at radius 2 is 2.12 bits per heavy atom. The molecule has 2 atom stereocenters. The molecule has 1 saturated heterocycles. The largest absolute Gasteiger partial charge is 0.481 e. The number of amides is 1. The Hall–Kier alpha value is -1.50. The molecule has 1 N–H and O–H groups in total. The number of carboxylic acids is 1. The number of carbonyl (C=O) groups is 2. The number of rotatable bonds is 6. The van der Waals surface area contributed by atoms with Gasteiger partial charge in [-0.1, -0.05) is 29.3 Å². The van der Waals surface area contributed by atoms with E-state index in [0.29, 0.717) is 30.2 Å². The second-order valence-corrected chi connectivity index (χ2v) is 6.98. The monoisotopic (exact) mass is 389 g/mol. The van der Waals surface area contributed by atoms with Gasteiger partial charge in [-0.2, -0.15) is 0 Å². The fourth-order valence-corrected chi connectivity index (χ4v) is 3.36. The molecule has 1 heterocycles. The van der Waals surface area contributed by atoms with Crippen LogP contribution in [-0.2, 0) is 14.3 Å². The normalized spacial score (nSPS) is 21.7. The molecule has 1 amide bonds. The topological polar surface area (TPSA) is 76.1 Å². The Morgan fingerprint density at radius 1 is 1.40 bits per heavy atom. The maximum absolute atomic E-state index is 12.7. The van der Waals surface area contributed by atoms with E-state index in [1.165, 1.54) is 12.0 Å². The standard InChI is InChI=1S/C17H21Cl2NO5/c1-11(25-13-6-3-5-12(18)14(13)19)15(21)20-8-4-7-17(9-20,10-24-2)16(22)23/h3,5-6,11H,4,7-10H2,1-2H3,(H,22,23). The average molecular weight is 390 g/mol. The first-order chi connectivity index (χ1) is 11.8. The van der Waals surface area contributed by atoms with Crippen molar-refractivity contribution < 1.29 is 24.2 Å². The maximum atomic E-state index is 12.7.